The molecule has 198 valence electrons. The van der Waals surface area contributed by atoms with Gasteiger partial charge in [-0.2, -0.15) is 0 Å². The number of nitrogens with one attached hydrogen (secondary N) is 2. The Morgan fingerprint density at radius 1 is 1.24 bits per heavy atom. The molecule has 2 aromatic carbocycles. The second-order valence-electron chi connectivity index (χ2n) is 8.34. The highest BCUT2D eigenvalue weighted by molar-refractivity contribution is 7.89. The van der Waals surface area contributed by atoms with Crippen molar-refractivity contribution in [2.45, 2.75) is 24.3 Å². The van der Waals surface area contributed by atoms with Gasteiger partial charge >= 0.3 is 6.09 Å². The first-order valence-electron chi connectivity index (χ1n) is 11.5. The maximum absolute atomic E-state index is 13.6. The Hall–Kier alpha value is -3.67. The van der Waals surface area contributed by atoms with Gasteiger partial charge in [0.15, 0.2) is 0 Å². The number of nitrogens with zero attached hydrogens (tertiary/aromatic N) is 1. The number of anilines is 1. The van der Waals surface area contributed by atoms with Gasteiger partial charge in [-0.15, -0.1) is 0 Å². The molecule has 2 aromatic rings. The third kappa shape index (κ3) is 6.37. The van der Waals surface area contributed by atoms with E-state index in [-0.39, 0.29) is 35.9 Å². The molecule has 37 heavy (non-hydrogen) atoms. The number of methoxy groups -OCH3 is 1. The zero-order valence-corrected chi connectivity index (χ0v) is 21.8. The fourth-order valence-electron chi connectivity index (χ4n) is 4.04. The van der Waals surface area contributed by atoms with Gasteiger partial charge in [-0.05, 0) is 61.4 Å². The van der Waals surface area contributed by atoms with Gasteiger partial charge in [0.1, 0.15) is 12.4 Å². The molecule has 0 aliphatic carbocycles. The lowest BCUT2D eigenvalue weighted by Crippen LogP contribution is -2.45. The van der Waals surface area contributed by atoms with Crippen LogP contribution < -0.4 is 14.8 Å². The van der Waals surface area contributed by atoms with Gasteiger partial charge in [-0.25, -0.2) is 17.9 Å². The van der Waals surface area contributed by atoms with Crippen LogP contribution in [0.15, 0.2) is 60.0 Å². The molecule has 0 spiro atoms. The molecule has 3 N–H and O–H groups in total. The van der Waals surface area contributed by atoms with Crippen LogP contribution >= 0.6 is 0 Å². The Balaban J connectivity index is 1.90. The van der Waals surface area contributed by atoms with Crippen molar-refractivity contribution in [3.05, 3.63) is 71.8 Å². The van der Waals surface area contributed by atoms with Crippen LogP contribution in [0.5, 0.6) is 5.75 Å². The van der Waals surface area contributed by atoms with Crippen molar-refractivity contribution in [1.29, 1.82) is 0 Å². The first-order chi connectivity index (χ1) is 17.6. The number of carbonyl (C=O) groups excluding carboxylic acids is 2. The van der Waals surface area contributed by atoms with E-state index in [9.17, 15) is 23.1 Å². The summed E-state index contributed by atoms with van der Waals surface area (Å²) in [5, 5.41) is 12.7. The third-order valence-corrected chi connectivity index (χ3v) is 7.47. The second kappa shape index (κ2) is 12.0. The van der Waals surface area contributed by atoms with E-state index in [1.165, 1.54) is 37.3 Å². The molecule has 0 fully saturated rings. The lowest BCUT2D eigenvalue weighted by atomic mass is 9.93. The molecule has 1 atom stereocenters. The average Bonchev–Trinajstić information content (AvgIpc) is 2.91. The molecule has 1 aliphatic heterocycles. The number of benzene rings is 2. The Kier molecular flexibility index (Phi) is 9.09. The van der Waals surface area contributed by atoms with E-state index in [1.807, 2.05) is 6.08 Å². The second-order valence-corrected chi connectivity index (χ2v) is 10.2. The van der Waals surface area contributed by atoms with E-state index in [0.717, 1.165) is 11.1 Å². The number of amides is 2. The van der Waals surface area contributed by atoms with Crippen molar-refractivity contribution in [2.24, 2.45) is 0 Å². The van der Waals surface area contributed by atoms with E-state index in [4.69, 9.17) is 9.47 Å². The Labute approximate surface area is 216 Å². The number of ether oxygens (including phenoxy) is 2. The van der Waals surface area contributed by atoms with Gasteiger partial charge in [0.05, 0.1) is 35.9 Å². The molecule has 1 heterocycles. The van der Waals surface area contributed by atoms with Gasteiger partial charge in [0.2, 0.25) is 10.0 Å². The number of aliphatic hydroxyl groups excluding tert-OH is 1. The number of aryl methyl sites for hydroxylation is 1. The van der Waals surface area contributed by atoms with E-state index in [2.05, 4.69) is 16.6 Å². The molecule has 0 radical (unpaired) electrons. The van der Waals surface area contributed by atoms with Crippen molar-refractivity contribution >= 4 is 33.3 Å². The molecule has 11 heteroatoms. The Morgan fingerprint density at radius 2 is 1.95 bits per heavy atom. The summed E-state index contributed by atoms with van der Waals surface area (Å²) >= 11 is 0. The van der Waals surface area contributed by atoms with Gasteiger partial charge in [-0.1, -0.05) is 30.9 Å². The highest BCUT2D eigenvalue weighted by atomic mass is 32.2. The molecule has 0 saturated heterocycles. The minimum atomic E-state index is -3.56. The molecule has 10 nitrogen and oxygen atoms in total. The minimum Gasteiger partial charge on any atom is -0.496 e. The van der Waals surface area contributed by atoms with Gasteiger partial charge in [-0.3, -0.25) is 10.1 Å². The lowest BCUT2D eigenvalue weighted by molar-refractivity contribution is 0.0619. The van der Waals surface area contributed by atoms with Crippen LogP contribution in [-0.4, -0.2) is 70.4 Å². The molecule has 1 aliphatic rings. The molecule has 2 amide bonds. The quantitative estimate of drug-likeness (QED) is 0.425. The molecule has 0 saturated carbocycles. The molecule has 0 aromatic heterocycles. The Morgan fingerprint density at radius 3 is 2.54 bits per heavy atom. The van der Waals surface area contributed by atoms with Gasteiger partial charge < -0.3 is 19.5 Å². The van der Waals surface area contributed by atoms with Crippen LogP contribution in [0.2, 0.25) is 0 Å². The van der Waals surface area contributed by atoms with Crippen LogP contribution in [-0.2, 0) is 14.8 Å². The van der Waals surface area contributed by atoms with E-state index in [1.54, 1.807) is 31.2 Å². The first-order valence-corrected chi connectivity index (χ1v) is 13.0. The van der Waals surface area contributed by atoms with E-state index >= 15 is 0 Å². The monoisotopic (exact) mass is 529 g/mol. The van der Waals surface area contributed by atoms with E-state index < -0.39 is 28.1 Å². The smallest absolute Gasteiger partial charge is 0.411 e. The summed E-state index contributed by atoms with van der Waals surface area (Å²) in [7, 11) is -0.721. The first kappa shape index (κ1) is 27.9. The predicted molar refractivity (Wildman–Crippen MR) is 140 cm³/mol. The highest BCUT2D eigenvalue weighted by Crippen LogP contribution is 2.32. The minimum absolute atomic E-state index is 0.0123. The SMILES string of the molecule is C=CCOC(=O)Nc1cc(C)c(OC)cc1C(=O)N1CC=C(c2ccc(S(=O)(=O)NC)cc2)C[C@H]1CO. The largest absolute Gasteiger partial charge is 0.496 e. The van der Waals surface area contributed by atoms with E-state index in [0.29, 0.717) is 17.7 Å². The highest BCUT2D eigenvalue weighted by Gasteiger charge is 2.30. The van der Waals surface area contributed by atoms with Crippen LogP contribution in [0.25, 0.3) is 5.57 Å². The number of carbonyl (C=O) groups is 2. The summed E-state index contributed by atoms with van der Waals surface area (Å²) in [6.45, 7) is 5.22. The molecular weight excluding hydrogens is 498 g/mol. The molecule has 0 bridgehead atoms. The van der Waals surface area contributed by atoms with Crippen LogP contribution in [0.1, 0.15) is 27.9 Å². The number of hydrogen-bond donors (Lipinski definition) is 3. The summed E-state index contributed by atoms with van der Waals surface area (Å²) in [6.07, 6.45) is 2.92. The average molecular weight is 530 g/mol. The van der Waals surface area contributed by atoms with Crippen LogP contribution in [0, 0.1) is 6.92 Å². The number of rotatable bonds is 9. The maximum Gasteiger partial charge on any atom is 0.411 e. The van der Waals surface area contributed by atoms with Crippen molar-refractivity contribution in [2.75, 3.05) is 39.2 Å². The summed E-state index contributed by atoms with van der Waals surface area (Å²) in [4.78, 5) is 27.5. The third-order valence-electron chi connectivity index (χ3n) is 6.04. The topological polar surface area (TPSA) is 134 Å². The van der Waals surface area contributed by atoms with Crippen molar-refractivity contribution in [3.63, 3.8) is 0 Å². The summed E-state index contributed by atoms with van der Waals surface area (Å²) in [5.41, 5.74) is 2.83. The normalized spacial score (nSPS) is 15.5. The lowest BCUT2D eigenvalue weighted by Gasteiger charge is -2.35. The van der Waals surface area contributed by atoms with Crippen LogP contribution in [0.4, 0.5) is 10.5 Å². The maximum atomic E-state index is 13.6. The van der Waals surface area contributed by atoms with Crippen molar-refractivity contribution in [1.82, 2.24) is 9.62 Å². The molecular formula is C26H31N3O7S. The fourth-order valence-corrected chi connectivity index (χ4v) is 4.77. The molecule has 0 unspecified atom stereocenters. The zero-order chi connectivity index (χ0) is 27.2. The zero-order valence-electron chi connectivity index (χ0n) is 21.0. The Bertz CT molecular complexity index is 1300. The van der Waals surface area contributed by atoms with Crippen LogP contribution in [0.3, 0.4) is 0 Å². The number of aliphatic hydroxyl groups is 1. The van der Waals surface area contributed by atoms with Crippen molar-refractivity contribution in [3.8, 4) is 5.75 Å². The standard InChI is InChI=1S/C26H31N3O7S/c1-5-12-36-26(32)28-23-13-17(2)24(35-4)15-22(23)25(31)29-11-10-19(14-20(29)16-30)18-6-8-21(9-7-18)37(33,34)27-3/h5-10,13,15,20,27,30H,1,11-12,14,16H2,2-4H3,(H,28,32)/t20-/m0/s1. The van der Waals surface area contributed by atoms with Gasteiger partial charge in [0.25, 0.3) is 5.91 Å². The predicted octanol–water partition coefficient (Wildman–Crippen LogP) is 2.94. The summed E-state index contributed by atoms with van der Waals surface area (Å²) < 4.78 is 36.7. The van der Waals surface area contributed by atoms with Gasteiger partial charge in [0, 0.05) is 6.54 Å². The van der Waals surface area contributed by atoms with Crippen molar-refractivity contribution < 1.29 is 32.6 Å². The fraction of sp³-hybridized carbons (Fsp3) is 0.308. The summed E-state index contributed by atoms with van der Waals surface area (Å²) in [6, 6.07) is 9.05. The number of sulfonamides is 1. The summed E-state index contributed by atoms with van der Waals surface area (Å²) in [5.74, 6) is 0.0703. The molecule has 3 rings (SSSR count). The number of hydrogen-bond acceptors (Lipinski definition) is 7.